The molecule has 1 heterocycles. The molecule has 0 saturated heterocycles. The first-order valence-electron chi connectivity index (χ1n) is 10.1. The molecule has 1 fully saturated rings. The minimum absolute atomic E-state index is 0.391. The van der Waals surface area contributed by atoms with Gasteiger partial charge in [0.15, 0.2) is 0 Å². The van der Waals surface area contributed by atoms with Crippen LogP contribution in [0.15, 0.2) is 48.5 Å². The predicted octanol–water partition coefficient (Wildman–Crippen LogP) is 5.12. The van der Waals surface area contributed by atoms with Crippen LogP contribution in [0.1, 0.15) is 60.9 Å². The van der Waals surface area contributed by atoms with Gasteiger partial charge in [-0.2, -0.15) is 4.73 Å². The summed E-state index contributed by atoms with van der Waals surface area (Å²) in [6.45, 7) is 1.39. The zero-order valence-electron chi connectivity index (χ0n) is 16.8. The first kappa shape index (κ1) is 19.2. The molecule has 3 aromatic rings. The summed E-state index contributed by atoms with van der Waals surface area (Å²) < 4.78 is 6.49. The van der Waals surface area contributed by atoms with E-state index in [-0.39, 0.29) is 0 Å². The number of carbonyl (C=O) groups is 2. The highest BCUT2D eigenvalue weighted by molar-refractivity contribution is 5.98. The van der Waals surface area contributed by atoms with Crippen molar-refractivity contribution in [1.29, 1.82) is 0 Å². The lowest BCUT2D eigenvalue weighted by molar-refractivity contribution is -0.140. The van der Waals surface area contributed by atoms with Gasteiger partial charge in [0.25, 0.3) is 0 Å². The van der Waals surface area contributed by atoms with Crippen molar-refractivity contribution in [1.82, 2.24) is 4.73 Å². The van der Waals surface area contributed by atoms with Crippen molar-refractivity contribution in [2.24, 2.45) is 0 Å². The van der Waals surface area contributed by atoms with E-state index in [2.05, 4.69) is 0 Å². The number of aromatic nitrogens is 1. The van der Waals surface area contributed by atoms with Gasteiger partial charge >= 0.3 is 11.9 Å². The summed E-state index contributed by atoms with van der Waals surface area (Å²) in [5.74, 6) is -0.428. The number of fused-ring (bicyclic) bond motifs is 1. The highest BCUT2D eigenvalue weighted by Gasteiger charge is 2.28. The predicted molar refractivity (Wildman–Crippen MR) is 112 cm³/mol. The molecule has 0 atom stereocenters. The number of benzene rings is 2. The lowest BCUT2D eigenvalue weighted by Gasteiger charge is -2.23. The molecule has 1 saturated carbocycles. The maximum absolute atomic E-state index is 12.1. The Kier molecular flexibility index (Phi) is 5.38. The summed E-state index contributed by atoms with van der Waals surface area (Å²) in [5, 5.41) is 1.02. The molecule has 0 bridgehead atoms. The Morgan fingerprint density at radius 1 is 1.00 bits per heavy atom. The molecule has 0 amide bonds. The van der Waals surface area contributed by atoms with Crippen LogP contribution in [0, 0.1) is 0 Å². The van der Waals surface area contributed by atoms with Gasteiger partial charge in [0.1, 0.15) is 0 Å². The number of rotatable bonds is 4. The molecular weight excluding hydrogens is 366 g/mol. The number of esters is 1. The average Bonchev–Trinajstić information content (AvgIpc) is 3.07. The van der Waals surface area contributed by atoms with Crippen LogP contribution in [0.25, 0.3) is 22.2 Å². The quantitative estimate of drug-likeness (QED) is 0.580. The third-order valence-electron chi connectivity index (χ3n) is 5.67. The van der Waals surface area contributed by atoms with E-state index in [1.165, 1.54) is 38.9 Å². The fraction of sp³-hybridized carbons (Fsp3) is 0.333. The molecule has 5 heteroatoms. The van der Waals surface area contributed by atoms with Gasteiger partial charge in [-0.15, -0.1) is 0 Å². The van der Waals surface area contributed by atoms with Gasteiger partial charge in [-0.05, 0) is 36.5 Å². The molecule has 1 aliphatic rings. The first-order chi connectivity index (χ1) is 14.1. The fourth-order valence-electron chi connectivity index (χ4n) is 4.43. The van der Waals surface area contributed by atoms with Crippen LogP contribution in [0.2, 0.25) is 0 Å². The first-order valence-corrected chi connectivity index (χ1v) is 10.1. The lowest BCUT2D eigenvalue weighted by atomic mass is 9.82. The maximum Gasteiger partial charge on any atom is 0.337 e. The van der Waals surface area contributed by atoms with Gasteiger partial charge in [-0.25, -0.2) is 9.59 Å². The number of hydrogen-bond acceptors (Lipinski definition) is 4. The highest BCUT2D eigenvalue weighted by Crippen LogP contribution is 2.43. The maximum atomic E-state index is 12.1. The van der Waals surface area contributed by atoms with Crippen molar-refractivity contribution in [3.63, 3.8) is 0 Å². The van der Waals surface area contributed by atoms with Crippen LogP contribution in [0.3, 0.4) is 0 Å². The van der Waals surface area contributed by atoms with E-state index in [9.17, 15) is 9.59 Å². The lowest BCUT2D eigenvalue weighted by Crippen LogP contribution is -2.18. The zero-order valence-corrected chi connectivity index (χ0v) is 16.8. The molecule has 29 heavy (non-hydrogen) atoms. The topological polar surface area (TPSA) is 57.5 Å². The molecule has 2 aromatic carbocycles. The molecule has 0 N–H and O–H groups in total. The molecule has 0 radical (unpaired) electrons. The van der Waals surface area contributed by atoms with E-state index >= 15 is 0 Å². The van der Waals surface area contributed by atoms with E-state index in [4.69, 9.17) is 9.57 Å². The Morgan fingerprint density at radius 3 is 2.38 bits per heavy atom. The molecule has 0 spiro atoms. The molecule has 1 aromatic heterocycles. The van der Waals surface area contributed by atoms with Crippen LogP contribution in [0.4, 0.5) is 0 Å². The van der Waals surface area contributed by atoms with Gasteiger partial charge in [0.2, 0.25) is 0 Å². The second kappa shape index (κ2) is 8.11. The number of hydrogen-bond donors (Lipinski definition) is 0. The van der Waals surface area contributed by atoms with Crippen molar-refractivity contribution in [3.05, 3.63) is 59.7 Å². The van der Waals surface area contributed by atoms with Gasteiger partial charge in [-0.1, -0.05) is 55.7 Å². The monoisotopic (exact) mass is 391 g/mol. The summed E-state index contributed by atoms with van der Waals surface area (Å²) >= 11 is 0. The summed E-state index contributed by atoms with van der Waals surface area (Å²) in [7, 11) is 1.36. The average molecular weight is 391 g/mol. The molecule has 5 nitrogen and oxygen atoms in total. The number of carbonyl (C=O) groups excluding carboxylic acids is 2. The minimum atomic E-state index is -0.414. The summed E-state index contributed by atoms with van der Waals surface area (Å²) in [6, 6.07) is 15.5. The summed E-state index contributed by atoms with van der Waals surface area (Å²) in [6.07, 6.45) is 5.86. The molecule has 4 rings (SSSR count). The zero-order chi connectivity index (χ0) is 20.4. The highest BCUT2D eigenvalue weighted by atomic mass is 16.7. The van der Waals surface area contributed by atoms with Gasteiger partial charge in [0.05, 0.1) is 23.9 Å². The largest absolute Gasteiger partial charge is 0.465 e. The number of methoxy groups -OCH3 is 1. The molecule has 0 aliphatic heterocycles. The number of ether oxygens (including phenoxy) is 1. The Morgan fingerprint density at radius 2 is 1.72 bits per heavy atom. The Hall–Kier alpha value is -3.08. The fourth-order valence-corrected chi connectivity index (χ4v) is 4.43. The number of nitrogens with zero attached hydrogens (tertiary/aromatic N) is 1. The van der Waals surface area contributed by atoms with E-state index in [1.807, 2.05) is 36.4 Å². The van der Waals surface area contributed by atoms with Crippen LogP contribution < -0.4 is 4.84 Å². The molecular formula is C24H25NO4. The van der Waals surface area contributed by atoms with Crippen molar-refractivity contribution in [2.45, 2.75) is 44.9 Å². The Labute approximate surface area is 170 Å². The van der Waals surface area contributed by atoms with Crippen molar-refractivity contribution in [2.75, 3.05) is 7.11 Å². The Bertz CT molecular complexity index is 1050. The van der Waals surface area contributed by atoms with Crippen molar-refractivity contribution < 1.29 is 19.2 Å². The molecule has 150 valence electrons. The van der Waals surface area contributed by atoms with E-state index in [0.717, 1.165) is 29.5 Å². The van der Waals surface area contributed by atoms with E-state index < -0.39 is 11.9 Å². The SMILES string of the molecule is COC(=O)c1ccc2c(C3CCCCC3)c(-c3ccccc3)n(OC(C)=O)c2c1. The van der Waals surface area contributed by atoms with Gasteiger partial charge in [0, 0.05) is 17.9 Å². The molecule has 1 aliphatic carbocycles. The second-order valence-electron chi connectivity index (χ2n) is 7.56. The normalized spacial score (nSPS) is 14.7. The summed E-state index contributed by atoms with van der Waals surface area (Å²) in [5.41, 5.74) is 4.22. The second-order valence-corrected chi connectivity index (χ2v) is 7.56. The summed E-state index contributed by atoms with van der Waals surface area (Å²) in [4.78, 5) is 29.8. The van der Waals surface area contributed by atoms with Crippen LogP contribution in [0.5, 0.6) is 0 Å². The van der Waals surface area contributed by atoms with Crippen LogP contribution >= 0.6 is 0 Å². The standard InChI is InChI=1S/C24H25NO4/c1-16(26)29-25-21-15-19(24(27)28-2)13-14-20(21)22(17-9-5-3-6-10-17)23(25)18-11-7-4-8-12-18/h4,7-8,11-15,17H,3,5-6,9-10H2,1-2H3. The van der Waals surface area contributed by atoms with Crippen molar-refractivity contribution in [3.8, 4) is 11.3 Å². The van der Waals surface area contributed by atoms with Crippen LogP contribution in [-0.4, -0.2) is 23.8 Å². The third-order valence-corrected chi connectivity index (χ3v) is 5.67. The van der Waals surface area contributed by atoms with Crippen molar-refractivity contribution >= 4 is 22.8 Å². The van der Waals surface area contributed by atoms with Gasteiger partial charge < -0.3 is 9.57 Å². The van der Waals surface area contributed by atoms with Crippen LogP contribution in [-0.2, 0) is 9.53 Å². The third kappa shape index (κ3) is 3.65. The minimum Gasteiger partial charge on any atom is -0.465 e. The smallest absolute Gasteiger partial charge is 0.337 e. The molecule has 0 unspecified atom stereocenters. The Balaban J connectivity index is 2.03. The van der Waals surface area contributed by atoms with Gasteiger partial charge in [-0.3, -0.25) is 0 Å². The van der Waals surface area contributed by atoms with E-state index in [0.29, 0.717) is 17.0 Å². The van der Waals surface area contributed by atoms with E-state index in [1.54, 1.807) is 16.9 Å².